The summed E-state index contributed by atoms with van der Waals surface area (Å²) >= 11 is 0. The molecule has 0 atom stereocenters. The van der Waals surface area contributed by atoms with Gasteiger partial charge in [-0.3, -0.25) is 5.10 Å². The molecule has 21 heavy (non-hydrogen) atoms. The van der Waals surface area contributed by atoms with E-state index >= 15 is 0 Å². The van der Waals surface area contributed by atoms with Gasteiger partial charge in [0.15, 0.2) is 11.7 Å². The molecular formula is C13H19IN6O. The lowest BCUT2D eigenvalue weighted by atomic mass is 10.4. The number of guanidine groups is 1. The van der Waals surface area contributed by atoms with Crippen LogP contribution >= 0.6 is 24.0 Å². The van der Waals surface area contributed by atoms with E-state index < -0.39 is 0 Å². The standard InChI is InChI=1S/C13H18N6O.HI/c1-3-7-15-13(14-4-2)16-9-11-17-12(19-18-11)10-6-5-8-20-10;/h3,5-6,8H,1,4,7,9H2,2H3,(H2,14,15,16)(H,17,18,19);1H. The number of aromatic nitrogens is 3. The predicted molar refractivity (Wildman–Crippen MR) is 92.5 cm³/mol. The fraction of sp³-hybridized carbons (Fsp3) is 0.308. The quantitative estimate of drug-likeness (QED) is 0.297. The molecule has 0 aliphatic rings. The third kappa shape index (κ3) is 5.21. The second-order valence-electron chi connectivity index (χ2n) is 3.95. The zero-order valence-electron chi connectivity index (χ0n) is 11.8. The van der Waals surface area contributed by atoms with E-state index in [1.807, 2.05) is 13.0 Å². The maximum atomic E-state index is 5.23. The van der Waals surface area contributed by atoms with Crippen molar-refractivity contribution in [2.45, 2.75) is 13.5 Å². The van der Waals surface area contributed by atoms with Gasteiger partial charge in [-0.15, -0.1) is 35.7 Å². The van der Waals surface area contributed by atoms with Gasteiger partial charge in [-0.2, -0.15) is 0 Å². The van der Waals surface area contributed by atoms with E-state index in [0.717, 1.165) is 6.54 Å². The largest absolute Gasteiger partial charge is 0.461 e. The summed E-state index contributed by atoms with van der Waals surface area (Å²) in [6.07, 6.45) is 3.36. The summed E-state index contributed by atoms with van der Waals surface area (Å²) < 4.78 is 5.23. The van der Waals surface area contributed by atoms with Gasteiger partial charge in [0, 0.05) is 13.1 Å². The smallest absolute Gasteiger partial charge is 0.216 e. The third-order valence-corrected chi connectivity index (χ3v) is 2.42. The van der Waals surface area contributed by atoms with Gasteiger partial charge in [-0.1, -0.05) is 6.08 Å². The van der Waals surface area contributed by atoms with Crippen molar-refractivity contribution in [2.75, 3.05) is 13.1 Å². The summed E-state index contributed by atoms with van der Waals surface area (Å²) in [5, 5.41) is 13.2. The molecule has 0 unspecified atom stereocenters. The van der Waals surface area contributed by atoms with E-state index in [4.69, 9.17) is 4.42 Å². The molecule has 0 aliphatic heterocycles. The molecule has 0 spiro atoms. The topological polar surface area (TPSA) is 91.1 Å². The average Bonchev–Trinajstić information content (AvgIpc) is 3.12. The van der Waals surface area contributed by atoms with Crippen LogP contribution in [0.15, 0.2) is 40.5 Å². The minimum atomic E-state index is 0. The summed E-state index contributed by atoms with van der Waals surface area (Å²) in [5.74, 6) is 2.55. The molecule has 2 aromatic heterocycles. The van der Waals surface area contributed by atoms with Gasteiger partial charge < -0.3 is 15.1 Å². The molecule has 2 aromatic rings. The number of halogens is 1. The van der Waals surface area contributed by atoms with Crippen molar-refractivity contribution < 1.29 is 4.42 Å². The first-order chi connectivity index (χ1) is 9.83. The Morgan fingerprint density at radius 2 is 2.38 bits per heavy atom. The molecule has 2 heterocycles. The van der Waals surface area contributed by atoms with E-state index in [9.17, 15) is 0 Å². The van der Waals surface area contributed by atoms with Crippen LogP contribution in [0.3, 0.4) is 0 Å². The molecule has 0 amide bonds. The zero-order valence-corrected chi connectivity index (χ0v) is 14.1. The zero-order chi connectivity index (χ0) is 14.2. The van der Waals surface area contributed by atoms with Crippen molar-refractivity contribution in [1.29, 1.82) is 0 Å². The van der Waals surface area contributed by atoms with Crippen LogP contribution in [0.5, 0.6) is 0 Å². The van der Waals surface area contributed by atoms with Gasteiger partial charge in [0.2, 0.25) is 5.82 Å². The van der Waals surface area contributed by atoms with Crippen LogP contribution in [0.25, 0.3) is 11.6 Å². The minimum Gasteiger partial charge on any atom is -0.461 e. The van der Waals surface area contributed by atoms with Crippen LogP contribution in [0.4, 0.5) is 0 Å². The molecule has 0 saturated carbocycles. The second kappa shape index (κ2) is 9.16. The maximum absolute atomic E-state index is 5.23. The Hall–Kier alpha value is -1.84. The lowest BCUT2D eigenvalue weighted by Crippen LogP contribution is -2.37. The molecule has 0 fully saturated rings. The number of rotatable bonds is 6. The highest BCUT2D eigenvalue weighted by molar-refractivity contribution is 14.0. The lowest BCUT2D eigenvalue weighted by molar-refractivity contribution is 0.577. The Bertz CT molecular complexity index is 563. The summed E-state index contributed by atoms with van der Waals surface area (Å²) in [7, 11) is 0. The SMILES string of the molecule is C=CCNC(=NCc1nc(-c2ccco2)n[nH]1)NCC.I. The Balaban J connectivity index is 0.00000220. The van der Waals surface area contributed by atoms with Crippen LogP contribution in [0.1, 0.15) is 12.7 Å². The van der Waals surface area contributed by atoms with Crippen LogP contribution in [-0.2, 0) is 6.54 Å². The van der Waals surface area contributed by atoms with Crippen LogP contribution in [0, 0.1) is 0 Å². The van der Waals surface area contributed by atoms with Crippen LogP contribution in [-0.4, -0.2) is 34.2 Å². The van der Waals surface area contributed by atoms with Gasteiger partial charge in [0.05, 0.1) is 6.26 Å². The predicted octanol–water partition coefficient (Wildman–Crippen LogP) is 1.92. The second-order valence-corrected chi connectivity index (χ2v) is 3.95. The van der Waals surface area contributed by atoms with E-state index in [0.29, 0.717) is 36.5 Å². The minimum absolute atomic E-state index is 0. The molecule has 0 radical (unpaired) electrons. The van der Waals surface area contributed by atoms with E-state index in [1.54, 1.807) is 18.4 Å². The Labute approximate surface area is 140 Å². The highest BCUT2D eigenvalue weighted by Gasteiger charge is 2.07. The van der Waals surface area contributed by atoms with E-state index in [1.165, 1.54) is 0 Å². The van der Waals surface area contributed by atoms with E-state index in [2.05, 4.69) is 37.4 Å². The maximum Gasteiger partial charge on any atom is 0.216 e. The molecule has 8 heteroatoms. The van der Waals surface area contributed by atoms with Gasteiger partial charge in [-0.05, 0) is 19.1 Å². The Morgan fingerprint density at radius 3 is 3.05 bits per heavy atom. The lowest BCUT2D eigenvalue weighted by Gasteiger charge is -2.08. The molecule has 7 nitrogen and oxygen atoms in total. The number of H-pyrrole nitrogens is 1. The monoisotopic (exact) mass is 402 g/mol. The number of hydrogen-bond acceptors (Lipinski definition) is 4. The first kappa shape index (κ1) is 17.2. The fourth-order valence-electron chi connectivity index (χ4n) is 1.55. The van der Waals surface area contributed by atoms with Crippen molar-refractivity contribution in [3.63, 3.8) is 0 Å². The van der Waals surface area contributed by atoms with Crippen LogP contribution < -0.4 is 10.6 Å². The highest BCUT2D eigenvalue weighted by atomic mass is 127. The Kier molecular flexibility index (Phi) is 7.51. The normalized spacial score (nSPS) is 10.8. The van der Waals surface area contributed by atoms with E-state index in [-0.39, 0.29) is 24.0 Å². The highest BCUT2D eigenvalue weighted by Crippen LogP contribution is 2.14. The molecule has 0 saturated heterocycles. The average molecular weight is 402 g/mol. The molecule has 0 aliphatic carbocycles. The number of furan rings is 1. The molecule has 3 N–H and O–H groups in total. The fourth-order valence-corrected chi connectivity index (χ4v) is 1.55. The summed E-state index contributed by atoms with van der Waals surface area (Å²) in [6, 6.07) is 3.61. The number of aromatic amines is 1. The van der Waals surface area contributed by atoms with Crippen molar-refractivity contribution in [3.8, 4) is 11.6 Å². The number of aliphatic imine (C=N–C) groups is 1. The molecule has 114 valence electrons. The van der Waals surface area contributed by atoms with Crippen LogP contribution in [0.2, 0.25) is 0 Å². The van der Waals surface area contributed by atoms with Crippen molar-refractivity contribution in [1.82, 2.24) is 25.8 Å². The first-order valence-corrected chi connectivity index (χ1v) is 6.41. The first-order valence-electron chi connectivity index (χ1n) is 6.41. The molecular weight excluding hydrogens is 383 g/mol. The third-order valence-electron chi connectivity index (χ3n) is 2.42. The molecule has 0 aromatic carbocycles. The molecule has 2 rings (SSSR count). The Morgan fingerprint density at radius 1 is 1.52 bits per heavy atom. The van der Waals surface area contributed by atoms with Gasteiger partial charge in [-0.25, -0.2) is 9.98 Å². The number of nitrogens with zero attached hydrogens (tertiary/aromatic N) is 3. The van der Waals surface area contributed by atoms with Gasteiger partial charge in [0.1, 0.15) is 12.4 Å². The molecule has 0 bridgehead atoms. The van der Waals surface area contributed by atoms with Gasteiger partial charge >= 0.3 is 0 Å². The van der Waals surface area contributed by atoms with Crippen molar-refractivity contribution in [2.24, 2.45) is 4.99 Å². The van der Waals surface area contributed by atoms with Crippen molar-refractivity contribution >= 4 is 29.9 Å². The summed E-state index contributed by atoms with van der Waals surface area (Å²) in [4.78, 5) is 8.72. The summed E-state index contributed by atoms with van der Waals surface area (Å²) in [6.45, 7) is 7.51. The van der Waals surface area contributed by atoms with Gasteiger partial charge in [0.25, 0.3) is 0 Å². The number of nitrogens with one attached hydrogen (secondary N) is 3. The number of hydrogen-bond donors (Lipinski definition) is 3. The summed E-state index contributed by atoms with van der Waals surface area (Å²) in [5.41, 5.74) is 0. The van der Waals surface area contributed by atoms with Crippen molar-refractivity contribution in [3.05, 3.63) is 36.9 Å².